The number of benzene rings is 1. The van der Waals surface area contributed by atoms with Crippen LogP contribution in [0.5, 0.6) is 0 Å². The molecule has 3 rings (SSSR count). The molecular formula is C11H8N3O+. The highest BCUT2D eigenvalue weighted by atomic mass is 16.1. The lowest BCUT2D eigenvalue weighted by molar-refractivity contribution is -0.581. The Hall–Kier alpha value is -2.23. The standard InChI is InChI=1S/C11H7N3O/c15-11-10-9-4-2-1-3-8(9)5-6-14(10)13-7-12-11/h1-7H/p+1. The Kier molecular flexibility index (Phi) is 1.56. The van der Waals surface area contributed by atoms with Crippen molar-refractivity contribution < 1.29 is 4.52 Å². The van der Waals surface area contributed by atoms with Crippen LogP contribution in [0.4, 0.5) is 0 Å². The quantitative estimate of drug-likeness (QED) is 0.426. The van der Waals surface area contributed by atoms with Crippen LogP contribution in [0.3, 0.4) is 0 Å². The molecule has 0 fully saturated rings. The molecule has 4 heteroatoms. The van der Waals surface area contributed by atoms with E-state index in [1.165, 1.54) is 6.33 Å². The third kappa shape index (κ3) is 1.11. The van der Waals surface area contributed by atoms with E-state index in [2.05, 4.69) is 10.1 Å². The lowest BCUT2D eigenvalue weighted by Gasteiger charge is -1.94. The number of H-pyrrole nitrogens is 1. The Labute approximate surface area is 84.8 Å². The Bertz CT molecular complexity index is 703. The summed E-state index contributed by atoms with van der Waals surface area (Å²) in [5.41, 5.74) is 0.456. The van der Waals surface area contributed by atoms with Crippen molar-refractivity contribution in [3.05, 3.63) is 53.2 Å². The van der Waals surface area contributed by atoms with Gasteiger partial charge in [0.25, 0.3) is 0 Å². The Morgan fingerprint density at radius 2 is 2.07 bits per heavy atom. The van der Waals surface area contributed by atoms with Crippen LogP contribution in [-0.2, 0) is 0 Å². The van der Waals surface area contributed by atoms with Gasteiger partial charge < -0.3 is 4.98 Å². The highest BCUT2D eigenvalue weighted by Crippen LogP contribution is 2.12. The van der Waals surface area contributed by atoms with Crippen LogP contribution in [0.2, 0.25) is 0 Å². The summed E-state index contributed by atoms with van der Waals surface area (Å²) in [6.45, 7) is 0. The number of rotatable bonds is 0. The van der Waals surface area contributed by atoms with Crippen molar-refractivity contribution in [1.82, 2.24) is 10.1 Å². The molecule has 15 heavy (non-hydrogen) atoms. The first-order chi connectivity index (χ1) is 7.36. The molecule has 4 nitrogen and oxygen atoms in total. The van der Waals surface area contributed by atoms with Crippen molar-refractivity contribution in [2.75, 3.05) is 0 Å². The average Bonchev–Trinajstić information content (AvgIpc) is 2.29. The fraction of sp³-hybridized carbons (Fsp3) is 0. The zero-order valence-corrected chi connectivity index (χ0v) is 7.84. The fourth-order valence-electron chi connectivity index (χ4n) is 1.75. The number of aromatic amines is 1. The van der Waals surface area contributed by atoms with Gasteiger partial charge in [0.15, 0.2) is 6.33 Å². The molecule has 0 saturated carbocycles. The van der Waals surface area contributed by atoms with E-state index in [9.17, 15) is 4.79 Å². The Morgan fingerprint density at radius 3 is 3.00 bits per heavy atom. The molecule has 3 aromatic rings. The van der Waals surface area contributed by atoms with Gasteiger partial charge in [0, 0.05) is 11.2 Å². The van der Waals surface area contributed by atoms with Crippen LogP contribution in [-0.4, -0.2) is 10.1 Å². The molecule has 0 bridgehead atoms. The third-order valence-corrected chi connectivity index (χ3v) is 2.43. The predicted molar refractivity (Wildman–Crippen MR) is 55.5 cm³/mol. The van der Waals surface area contributed by atoms with Crippen molar-refractivity contribution in [3.63, 3.8) is 0 Å². The summed E-state index contributed by atoms with van der Waals surface area (Å²) in [5.74, 6) is 0. The number of pyridine rings is 1. The molecule has 0 radical (unpaired) electrons. The fourth-order valence-corrected chi connectivity index (χ4v) is 1.75. The van der Waals surface area contributed by atoms with Crippen molar-refractivity contribution >= 4 is 16.3 Å². The van der Waals surface area contributed by atoms with Gasteiger partial charge in [0.1, 0.15) is 0 Å². The van der Waals surface area contributed by atoms with E-state index in [0.29, 0.717) is 5.52 Å². The van der Waals surface area contributed by atoms with E-state index in [0.717, 1.165) is 10.8 Å². The molecule has 1 aromatic carbocycles. The zero-order valence-electron chi connectivity index (χ0n) is 7.84. The summed E-state index contributed by atoms with van der Waals surface area (Å²) >= 11 is 0. The number of aromatic nitrogens is 3. The van der Waals surface area contributed by atoms with Gasteiger partial charge in [-0.3, -0.25) is 4.79 Å². The van der Waals surface area contributed by atoms with E-state index >= 15 is 0 Å². The Morgan fingerprint density at radius 1 is 1.20 bits per heavy atom. The van der Waals surface area contributed by atoms with Crippen molar-refractivity contribution in [2.24, 2.45) is 0 Å². The lowest BCUT2D eigenvalue weighted by Crippen LogP contribution is -2.33. The minimum absolute atomic E-state index is 0.123. The number of hydrogen-bond donors (Lipinski definition) is 1. The molecule has 0 aliphatic heterocycles. The SMILES string of the molecule is O=c1[nH]cn[n+]2ccc3ccccc3c12. The van der Waals surface area contributed by atoms with Crippen LogP contribution in [0, 0.1) is 0 Å². The maximum atomic E-state index is 11.7. The van der Waals surface area contributed by atoms with Gasteiger partial charge in [-0.05, 0) is 16.0 Å². The first-order valence-corrected chi connectivity index (χ1v) is 4.63. The van der Waals surface area contributed by atoms with Crippen molar-refractivity contribution in [1.29, 1.82) is 0 Å². The summed E-state index contributed by atoms with van der Waals surface area (Å²) < 4.78 is 1.58. The molecule has 2 aromatic heterocycles. The molecule has 0 spiro atoms. The lowest BCUT2D eigenvalue weighted by atomic mass is 10.1. The smallest absolute Gasteiger partial charge is 0.302 e. The average molecular weight is 198 g/mol. The van der Waals surface area contributed by atoms with E-state index in [1.807, 2.05) is 30.3 Å². The van der Waals surface area contributed by atoms with Crippen LogP contribution >= 0.6 is 0 Å². The highest BCUT2D eigenvalue weighted by Gasteiger charge is 2.11. The van der Waals surface area contributed by atoms with Gasteiger partial charge in [0.2, 0.25) is 6.20 Å². The maximum Gasteiger partial charge on any atom is 0.324 e. The summed E-state index contributed by atoms with van der Waals surface area (Å²) in [5, 5.41) is 6.00. The predicted octanol–water partition coefficient (Wildman–Crippen LogP) is 0.662. The minimum Gasteiger partial charge on any atom is -0.302 e. The van der Waals surface area contributed by atoms with E-state index in [-0.39, 0.29) is 5.56 Å². The number of hydrogen-bond acceptors (Lipinski definition) is 2. The number of nitrogens with one attached hydrogen (secondary N) is 1. The number of fused-ring (bicyclic) bond motifs is 3. The first-order valence-electron chi connectivity index (χ1n) is 4.63. The molecule has 0 atom stereocenters. The molecule has 72 valence electrons. The van der Waals surface area contributed by atoms with Gasteiger partial charge in [-0.15, -0.1) is 0 Å². The second-order valence-electron chi connectivity index (χ2n) is 3.31. The monoisotopic (exact) mass is 198 g/mol. The maximum absolute atomic E-state index is 11.7. The van der Waals surface area contributed by atoms with Crippen LogP contribution in [0.15, 0.2) is 47.7 Å². The van der Waals surface area contributed by atoms with E-state index in [4.69, 9.17) is 0 Å². The summed E-state index contributed by atoms with van der Waals surface area (Å²) in [7, 11) is 0. The van der Waals surface area contributed by atoms with E-state index < -0.39 is 0 Å². The van der Waals surface area contributed by atoms with Gasteiger partial charge in [-0.1, -0.05) is 18.2 Å². The van der Waals surface area contributed by atoms with Crippen LogP contribution < -0.4 is 10.1 Å². The highest BCUT2D eigenvalue weighted by molar-refractivity contribution is 5.92. The molecule has 0 unspecified atom stereocenters. The second kappa shape index (κ2) is 2.88. The molecular weight excluding hydrogens is 190 g/mol. The van der Waals surface area contributed by atoms with Gasteiger partial charge >= 0.3 is 11.1 Å². The van der Waals surface area contributed by atoms with Crippen LogP contribution in [0.25, 0.3) is 16.3 Å². The normalized spacial score (nSPS) is 10.9. The van der Waals surface area contributed by atoms with Gasteiger partial charge in [-0.25, -0.2) is 0 Å². The second-order valence-corrected chi connectivity index (χ2v) is 3.31. The molecule has 1 N–H and O–H groups in total. The first kappa shape index (κ1) is 8.11. The molecule has 0 saturated heterocycles. The molecule has 2 heterocycles. The molecule has 0 amide bonds. The van der Waals surface area contributed by atoms with Gasteiger partial charge in [-0.2, -0.15) is 0 Å². The zero-order chi connectivity index (χ0) is 10.3. The summed E-state index contributed by atoms with van der Waals surface area (Å²) in [6.07, 6.45) is 3.18. The third-order valence-electron chi connectivity index (χ3n) is 2.43. The Balaban J connectivity index is 2.70. The summed E-state index contributed by atoms with van der Waals surface area (Å²) in [4.78, 5) is 14.3. The molecule has 0 aliphatic carbocycles. The van der Waals surface area contributed by atoms with E-state index in [1.54, 1.807) is 10.7 Å². The topological polar surface area (TPSA) is 49.9 Å². The van der Waals surface area contributed by atoms with Gasteiger partial charge in [0.05, 0.1) is 5.39 Å². The largest absolute Gasteiger partial charge is 0.324 e. The summed E-state index contributed by atoms with van der Waals surface area (Å²) in [6, 6.07) is 9.69. The molecule has 0 aliphatic rings. The van der Waals surface area contributed by atoms with Crippen molar-refractivity contribution in [3.8, 4) is 0 Å². The van der Waals surface area contributed by atoms with Crippen molar-refractivity contribution in [2.45, 2.75) is 0 Å². The van der Waals surface area contributed by atoms with Crippen LogP contribution in [0.1, 0.15) is 0 Å². The number of nitrogens with zero attached hydrogens (tertiary/aromatic N) is 2. The minimum atomic E-state index is -0.123.